The summed E-state index contributed by atoms with van der Waals surface area (Å²) < 4.78 is 108. The number of nitrogens with zero attached hydrogens (tertiary/aromatic N) is 5. The van der Waals surface area contributed by atoms with Crippen molar-refractivity contribution in [2.24, 2.45) is 0 Å². The molecule has 0 saturated heterocycles. The summed E-state index contributed by atoms with van der Waals surface area (Å²) in [7, 11) is 0. The van der Waals surface area contributed by atoms with E-state index in [2.05, 4.69) is 75.0 Å². The summed E-state index contributed by atoms with van der Waals surface area (Å²) in [5.74, 6) is 1.52. The van der Waals surface area contributed by atoms with Gasteiger partial charge in [-0.25, -0.2) is 0 Å². The van der Waals surface area contributed by atoms with Crippen LogP contribution in [0.5, 0.6) is 11.5 Å². The van der Waals surface area contributed by atoms with Gasteiger partial charge >= 0.3 is 418 Å². The number of rotatable bonds is 9. The van der Waals surface area contributed by atoms with Gasteiger partial charge < -0.3 is 0 Å². The normalized spacial score (nSPS) is 13.7. The molecule has 0 saturated carbocycles. The molecule has 0 fully saturated rings. The molecule has 4 aromatic heterocycles. The first-order valence-electron chi connectivity index (χ1n) is 30.1. The Balaban J connectivity index is 1.06. The first-order chi connectivity index (χ1) is 41.9. The fraction of sp³-hybridized carbons (Fsp3) is 0.0571. The van der Waals surface area contributed by atoms with Gasteiger partial charge in [-0.15, -0.1) is 0 Å². The number of imidazole rings is 1. The van der Waals surface area contributed by atoms with E-state index in [9.17, 15) is 5.48 Å². The number of fused-ring (bicyclic) bond motifs is 7. The van der Waals surface area contributed by atoms with Crippen LogP contribution in [0.25, 0.3) is 111 Å². The summed E-state index contributed by atoms with van der Waals surface area (Å²) in [5, 5.41) is 3.83. The van der Waals surface area contributed by atoms with E-state index < -0.39 is 60.4 Å². The van der Waals surface area contributed by atoms with Crippen LogP contribution in [0.2, 0.25) is 0 Å². The average Bonchev–Trinajstić information content (AvgIpc) is 1.74. The Morgan fingerprint density at radius 1 is 0.468 bits per heavy atom. The molecule has 77 heavy (non-hydrogen) atoms. The van der Waals surface area contributed by atoms with E-state index in [4.69, 9.17) is 17.9 Å². The van der Waals surface area contributed by atoms with Crippen molar-refractivity contribution in [2.75, 3.05) is 0 Å². The van der Waals surface area contributed by atoms with Crippen molar-refractivity contribution in [3.05, 3.63) is 264 Å². The van der Waals surface area contributed by atoms with Crippen molar-refractivity contribution in [3.8, 4) is 67.8 Å². The molecular weight excluding hydrogens is 1120 g/mol. The monoisotopic (exact) mass is 1180 g/mol. The topological polar surface area (TPSA) is 41.8 Å². The molecule has 0 spiro atoms. The number of hydrogen-bond donors (Lipinski definition) is 0. The molecule has 0 radical (unpaired) electrons. The summed E-state index contributed by atoms with van der Waals surface area (Å²) in [5.41, 5.74) is 8.26. The summed E-state index contributed by atoms with van der Waals surface area (Å²) in [6.07, 6.45) is 1.84. The molecule has 0 aliphatic rings. The fourth-order valence-electron chi connectivity index (χ4n) is 10.7. The Bertz CT molecular complexity index is 5090. The molecule has 4 heterocycles. The van der Waals surface area contributed by atoms with E-state index in [0.29, 0.717) is 37.7 Å². The molecule has 10 aromatic carbocycles. The SMILES string of the molecule is [2H]c1c([2H])c([2H])c(-c2cc(-n3c4ccccc4c4ccccc43)cc(-c3c([2H])c([2H])c([2H])c([2H])c3[2H])c2-n2[c](=[Pt])n(-c3[c-]c(Oc4[c-]c5c(cc4)c4ccccc4n5-c4cc(C(C)(C)C)ccn4)cc(-c4ccccc4)c3)c3ccccc32)c([2H])c1[2H]. The van der Waals surface area contributed by atoms with Crippen LogP contribution in [0.3, 0.4) is 0 Å². The number of para-hydroxylation sites is 5. The van der Waals surface area contributed by atoms with Gasteiger partial charge in [-0.1, -0.05) is 32.9 Å². The quantitative estimate of drug-likeness (QED) is 0.135. The molecule has 0 aliphatic carbocycles. The van der Waals surface area contributed by atoms with Crippen LogP contribution in [0.1, 0.15) is 40.0 Å². The van der Waals surface area contributed by atoms with Gasteiger partial charge in [0.15, 0.2) is 0 Å². The van der Waals surface area contributed by atoms with E-state index in [1.165, 1.54) is 0 Å². The molecule has 0 N–H and O–H groups in total. The van der Waals surface area contributed by atoms with Gasteiger partial charge in [0, 0.05) is 6.20 Å². The molecule has 14 aromatic rings. The zero-order valence-electron chi connectivity index (χ0n) is 51.8. The van der Waals surface area contributed by atoms with Crippen LogP contribution >= 0.6 is 0 Å². The fourth-order valence-corrected chi connectivity index (χ4v) is 11.8. The van der Waals surface area contributed by atoms with Crippen molar-refractivity contribution >= 4 is 54.6 Å². The van der Waals surface area contributed by atoms with E-state index in [0.717, 1.165) is 66.1 Å². The van der Waals surface area contributed by atoms with Gasteiger partial charge in [-0.3, -0.25) is 0 Å². The average molecular weight is 1180 g/mol. The molecule has 7 heteroatoms. The summed E-state index contributed by atoms with van der Waals surface area (Å²) in [6.45, 7) is 6.53. The number of aromatic nitrogens is 5. The zero-order valence-corrected chi connectivity index (χ0v) is 44.1. The first-order valence-corrected chi connectivity index (χ1v) is 26.3. The van der Waals surface area contributed by atoms with E-state index in [1.807, 2.05) is 165 Å². The summed E-state index contributed by atoms with van der Waals surface area (Å²) in [6, 6.07) is 58.6. The summed E-state index contributed by atoms with van der Waals surface area (Å²) in [4.78, 5) is 4.88. The third-order valence-corrected chi connectivity index (χ3v) is 15.2. The van der Waals surface area contributed by atoms with Gasteiger partial charge in [0.1, 0.15) is 0 Å². The molecule has 372 valence electrons. The van der Waals surface area contributed by atoms with Gasteiger partial charge in [-0.2, -0.15) is 0 Å². The van der Waals surface area contributed by atoms with E-state index >= 15 is 0 Å². The zero-order chi connectivity index (χ0) is 60.5. The van der Waals surface area contributed by atoms with Crippen LogP contribution in [0, 0.1) is 15.9 Å². The maximum absolute atomic E-state index is 9.65. The van der Waals surface area contributed by atoms with Crippen LogP contribution in [-0.2, 0) is 24.8 Å². The summed E-state index contributed by atoms with van der Waals surface area (Å²) >= 11 is 2.20. The minimum absolute atomic E-state index is 0.133. The van der Waals surface area contributed by atoms with Crippen LogP contribution < -0.4 is 4.74 Å². The number of pyridine rings is 1. The molecule has 0 amide bonds. The van der Waals surface area contributed by atoms with Crippen LogP contribution in [0.4, 0.5) is 0 Å². The van der Waals surface area contributed by atoms with Crippen LogP contribution in [0.15, 0.2) is 243 Å². The van der Waals surface area contributed by atoms with Gasteiger partial charge in [-0.05, 0) is 17.0 Å². The second-order valence-corrected chi connectivity index (χ2v) is 20.9. The molecule has 0 unspecified atom stereocenters. The number of hydrogen-bond acceptors (Lipinski definition) is 2. The number of benzene rings is 10. The Morgan fingerprint density at radius 2 is 1.01 bits per heavy atom. The van der Waals surface area contributed by atoms with Crippen molar-refractivity contribution in [3.63, 3.8) is 0 Å². The number of ether oxygens (including phenoxy) is 1. The maximum atomic E-state index is 9.65. The molecule has 14 rings (SSSR count). The molecular formula is C70H49N5OPt-2. The first kappa shape index (κ1) is 36.8. The second kappa shape index (κ2) is 18.6. The Hall–Kier alpha value is -9.09. The van der Waals surface area contributed by atoms with Crippen LogP contribution in [-0.4, -0.2) is 23.3 Å². The van der Waals surface area contributed by atoms with Crippen molar-refractivity contribution in [1.29, 1.82) is 0 Å². The van der Waals surface area contributed by atoms with E-state index in [1.54, 1.807) is 12.1 Å². The Morgan fingerprint density at radius 3 is 1.62 bits per heavy atom. The van der Waals surface area contributed by atoms with Crippen molar-refractivity contribution < 1.29 is 37.8 Å². The van der Waals surface area contributed by atoms with E-state index in [-0.39, 0.29) is 33.4 Å². The second-order valence-electron chi connectivity index (χ2n) is 19.8. The van der Waals surface area contributed by atoms with Crippen molar-refractivity contribution in [1.82, 2.24) is 23.3 Å². The molecule has 6 nitrogen and oxygen atoms in total. The molecule has 0 bridgehead atoms. The molecule has 0 atom stereocenters. The van der Waals surface area contributed by atoms with Gasteiger partial charge in [0.2, 0.25) is 0 Å². The third kappa shape index (κ3) is 7.98. The Labute approximate surface area is 471 Å². The third-order valence-electron chi connectivity index (χ3n) is 14.2. The predicted molar refractivity (Wildman–Crippen MR) is 312 cm³/mol. The van der Waals surface area contributed by atoms with Gasteiger partial charge in [0.25, 0.3) is 0 Å². The standard InChI is InChI=1S/C70H49N5O.Pt/c1-70(2,3)51-37-38-71-68(41-51)75-64-32-18-15-29-58(64)59-36-35-54(45-67(59)75)76-55-40-50(47-21-7-4-8-22-47)39-52(42-55)72-46-73(66-34-20-19-33-65(66)72)69-60(48-23-9-5-10-24-48)43-53(44-61(69)49-25-11-6-12-26-49)74-62-30-16-13-27-56(62)57-28-14-17-31-63(57)74;/h4-41,43-44H,1-3H3;/q-2;/i5D,6D,9D,10D,11D,12D,23D,24D,25D,26D;. The Kier molecular flexibility index (Phi) is 8.90. The molecule has 0 aliphatic heterocycles. The predicted octanol–water partition coefficient (Wildman–Crippen LogP) is 17.8. The van der Waals surface area contributed by atoms with Gasteiger partial charge in [0.05, 0.1) is 0 Å². The van der Waals surface area contributed by atoms with Crippen molar-refractivity contribution in [2.45, 2.75) is 26.2 Å². The minimum atomic E-state index is -0.590.